The van der Waals surface area contributed by atoms with E-state index in [1.165, 1.54) is 19.1 Å². The van der Waals surface area contributed by atoms with Gasteiger partial charge in [0, 0.05) is 19.2 Å². The van der Waals surface area contributed by atoms with Crippen LogP contribution in [0.1, 0.15) is 12.5 Å². The molecule has 1 fully saturated rings. The summed E-state index contributed by atoms with van der Waals surface area (Å²) in [5.74, 6) is -0.462. The van der Waals surface area contributed by atoms with E-state index < -0.39 is 23.6 Å². The van der Waals surface area contributed by atoms with Gasteiger partial charge >= 0.3 is 0 Å². The molecule has 1 aliphatic rings. The highest BCUT2D eigenvalue weighted by molar-refractivity contribution is 5.36. The average molecular weight is 266 g/mol. The van der Waals surface area contributed by atoms with Gasteiger partial charge in [-0.3, -0.25) is 0 Å². The molecule has 0 radical (unpaired) electrons. The number of hydrogen-bond acceptors (Lipinski definition) is 5. The number of ether oxygens (including phenoxy) is 1. The summed E-state index contributed by atoms with van der Waals surface area (Å²) < 4.78 is 19.0. The molecule has 1 heterocycles. The van der Waals surface area contributed by atoms with E-state index in [2.05, 4.69) is 5.32 Å². The Labute approximate surface area is 110 Å². The molecule has 1 saturated heterocycles. The zero-order chi connectivity index (χ0) is 14.0. The fraction of sp³-hybridized carbons (Fsp3) is 0.462. The van der Waals surface area contributed by atoms with Crippen molar-refractivity contribution in [2.45, 2.75) is 24.7 Å². The first-order valence-electron chi connectivity index (χ1n) is 5.95. The van der Waals surface area contributed by atoms with Gasteiger partial charge in [0.2, 0.25) is 0 Å². The minimum Gasteiger partial charge on any atom is -0.486 e. The van der Waals surface area contributed by atoms with Crippen LogP contribution in [0.25, 0.3) is 0 Å². The number of hydrogen-bond donors (Lipinski definition) is 3. The second kappa shape index (κ2) is 5.13. The van der Waals surface area contributed by atoms with Crippen LogP contribution in [0.2, 0.25) is 0 Å². The lowest BCUT2D eigenvalue weighted by Crippen LogP contribution is -2.53. The van der Waals surface area contributed by atoms with Crippen molar-refractivity contribution in [3.8, 4) is 11.8 Å². The van der Waals surface area contributed by atoms with Crippen molar-refractivity contribution >= 4 is 0 Å². The number of aliphatic hydroxyl groups is 2. The SMILES string of the molecule is C[C@@H](O)[C@]1(O)CNC[C@@H]1Oc1ccc(C#N)c(F)c1. The Balaban J connectivity index is 2.18. The lowest BCUT2D eigenvalue weighted by Gasteiger charge is -2.31. The number of nitrogens with one attached hydrogen (secondary N) is 1. The zero-order valence-corrected chi connectivity index (χ0v) is 10.4. The van der Waals surface area contributed by atoms with Crippen LogP contribution in [-0.2, 0) is 0 Å². The number of nitriles is 1. The van der Waals surface area contributed by atoms with E-state index in [4.69, 9.17) is 10.00 Å². The monoisotopic (exact) mass is 266 g/mol. The van der Waals surface area contributed by atoms with Crippen molar-refractivity contribution < 1.29 is 19.3 Å². The minimum absolute atomic E-state index is 0.0670. The fourth-order valence-corrected chi connectivity index (χ4v) is 2.08. The Hall–Kier alpha value is -1.68. The molecule has 3 N–H and O–H groups in total. The van der Waals surface area contributed by atoms with E-state index >= 15 is 0 Å². The Morgan fingerprint density at radius 3 is 2.95 bits per heavy atom. The molecule has 102 valence electrons. The van der Waals surface area contributed by atoms with Gasteiger partial charge in [-0.2, -0.15) is 5.26 Å². The molecule has 1 aromatic rings. The van der Waals surface area contributed by atoms with Crippen molar-refractivity contribution in [1.82, 2.24) is 5.32 Å². The van der Waals surface area contributed by atoms with Crippen LogP contribution in [0.5, 0.6) is 5.75 Å². The quantitative estimate of drug-likeness (QED) is 0.725. The van der Waals surface area contributed by atoms with Gasteiger partial charge in [-0.25, -0.2) is 4.39 Å². The molecule has 0 spiro atoms. The lowest BCUT2D eigenvalue weighted by atomic mass is 9.94. The van der Waals surface area contributed by atoms with Gasteiger partial charge in [-0.05, 0) is 19.1 Å². The maximum Gasteiger partial charge on any atom is 0.144 e. The average Bonchev–Trinajstić information content (AvgIpc) is 2.73. The van der Waals surface area contributed by atoms with Crippen LogP contribution in [0, 0.1) is 17.1 Å². The third-order valence-corrected chi connectivity index (χ3v) is 3.36. The number of aliphatic hydroxyl groups excluding tert-OH is 1. The highest BCUT2D eigenvalue weighted by Crippen LogP contribution is 2.26. The number of halogens is 1. The van der Waals surface area contributed by atoms with Gasteiger partial charge in [0.25, 0.3) is 0 Å². The number of nitrogens with zero attached hydrogens (tertiary/aromatic N) is 1. The van der Waals surface area contributed by atoms with Crippen LogP contribution in [0.15, 0.2) is 18.2 Å². The van der Waals surface area contributed by atoms with Crippen molar-refractivity contribution in [2.24, 2.45) is 0 Å². The maximum atomic E-state index is 13.4. The summed E-state index contributed by atoms with van der Waals surface area (Å²) in [6.45, 7) is 2.03. The molecular weight excluding hydrogens is 251 g/mol. The van der Waals surface area contributed by atoms with Crippen LogP contribution >= 0.6 is 0 Å². The molecule has 0 amide bonds. The molecule has 2 rings (SSSR count). The third kappa shape index (κ3) is 2.54. The third-order valence-electron chi connectivity index (χ3n) is 3.36. The summed E-state index contributed by atoms with van der Waals surface area (Å²) in [5, 5.41) is 31.4. The zero-order valence-electron chi connectivity index (χ0n) is 10.4. The Morgan fingerprint density at radius 1 is 1.63 bits per heavy atom. The van der Waals surface area contributed by atoms with E-state index in [0.717, 1.165) is 6.07 Å². The molecule has 1 aliphatic heterocycles. The van der Waals surface area contributed by atoms with Crippen LogP contribution in [0.4, 0.5) is 4.39 Å². The predicted octanol–water partition coefficient (Wildman–Crippen LogP) is 0.160. The standard InChI is InChI=1S/C13H15FN2O3/c1-8(17)13(18)7-16-6-12(13)19-10-3-2-9(5-15)11(14)4-10/h2-4,8,12,16-18H,6-7H2,1H3/t8-,12+,13-/m1/s1. The van der Waals surface area contributed by atoms with E-state index in [1.54, 1.807) is 6.07 Å². The maximum absolute atomic E-state index is 13.4. The topological polar surface area (TPSA) is 85.5 Å². The summed E-state index contributed by atoms with van der Waals surface area (Å²) in [6, 6.07) is 5.59. The van der Waals surface area contributed by atoms with Gasteiger partial charge in [-0.15, -0.1) is 0 Å². The summed E-state index contributed by atoms with van der Waals surface area (Å²) in [7, 11) is 0. The Bertz CT molecular complexity index is 515. The molecular formula is C13H15FN2O3. The summed E-state index contributed by atoms with van der Waals surface area (Å²) in [5.41, 5.74) is -1.48. The summed E-state index contributed by atoms with van der Waals surface area (Å²) in [6.07, 6.45) is -1.66. The van der Waals surface area contributed by atoms with E-state index in [1.807, 2.05) is 0 Å². The molecule has 0 bridgehead atoms. The second-order valence-electron chi connectivity index (χ2n) is 4.66. The molecule has 0 unspecified atom stereocenters. The highest BCUT2D eigenvalue weighted by atomic mass is 19.1. The molecule has 3 atom stereocenters. The van der Waals surface area contributed by atoms with Gasteiger partial charge < -0.3 is 20.3 Å². The van der Waals surface area contributed by atoms with Gasteiger partial charge in [0.05, 0.1) is 11.7 Å². The van der Waals surface area contributed by atoms with E-state index in [0.29, 0.717) is 6.54 Å². The van der Waals surface area contributed by atoms with Crippen molar-refractivity contribution in [2.75, 3.05) is 13.1 Å². The van der Waals surface area contributed by atoms with Crippen LogP contribution in [-0.4, -0.2) is 41.1 Å². The van der Waals surface area contributed by atoms with Crippen LogP contribution < -0.4 is 10.1 Å². The van der Waals surface area contributed by atoms with Crippen LogP contribution in [0.3, 0.4) is 0 Å². The predicted molar refractivity (Wildman–Crippen MR) is 65.0 cm³/mol. The molecule has 0 aromatic heterocycles. The number of benzene rings is 1. The molecule has 0 saturated carbocycles. The highest BCUT2D eigenvalue weighted by Gasteiger charge is 2.47. The number of rotatable bonds is 3. The molecule has 19 heavy (non-hydrogen) atoms. The van der Waals surface area contributed by atoms with Crippen molar-refractivity contribution in [1.29, 1.82) is 5.26 Å². The lowest BCUT2D eigenvalue weighted by molar-refractivity contribution is -0.103. The first-order valence-corrected chi connectivity index (χ1v) is 5.95. The minimum atomic E-state index is -1.41. The fourth-order valence-electron chi connectivity index (χ4n) is 2.08. The Kier molecular flexibility index (Phi) is 3.71. The molecule has 1 aromatic carbocycles. The van der Waals surface area contributed by atoms with Crippen molar-refractivity contribution in [3.05, 3.63) is 29.6 Å². The normalized spacial score (nSPS) is 27.8. The van der Waals surface area contributed by atoms with Gasteiger partial charge in [-0.1, -0.05) is 0 Å². The first kappa shape index (κ1) is 13.7. The molecule has 0 aliphatic carbocycles. The van der Waals surface area contributed by atoms with E-state index in [9.17, 15) is 14.6 Å². The first-order chi connectivity index (χ1) is 8.97. The molecule has 6 heteroatoms. The summed E-state index contributed by atoms with van der Waals surface area (Å²) >= 11 is 0. The Morgan fingerprint density at radius 2 is 2.37 bits per heavy atom. The largest absolute Gasteiger partial charge is 0.486 e. The number of β-amino-alcohol motifs (C(OH)–C–C–N with tert-alkyl or cyclic N) is 1. The van der Waals surface area contributed by atoms with Gasteiger partial charge in [0.1, 0.15) is 29.3 Å². The second-order valence-corrected chi connectivity index (χ2v) is 4.66. The van der Waals surface area contributed by atoms with Gasteiger partial charge in [0.15, 0.2) is 0 Å². The summed E-state index contributed by atoms with van der Waals surface area (Å²) in [4.78, 5) is 0. The van der Waals surface area contributed by atoms with E-state index in [-0.39, 0.29) is 17.9 Å². The molecule has 5 nitrogen and oxygen atoms in total. The smallest absolute Gasteiger partial charge is 0.144 e. The van der Waals surface area contributed by atoms with Crippen molar-refractivity contribution in [3.63, 3.8) is 0 Å².